The second-order valence-corrected chi connectivity index (χ2v) is 4.42. The first-order valence-corrected chi connectivity index (χ1v) is 6.05. The Morgan fingerprint density at radius 2 is 2.37 bits per heavy atom. The van der Waals surface area contributed by atoms with Crippen molar-refractivity contribution in [1.82, 2.24) is 9.59 Å². The van der Waals surface area contributed by atoms with Crippen LogP contribution in [0.4, 0.5) is 10.7 Å². The Morgan fingerprint density at radius 1 is 1.58 bits per heavy atom. The van der Waals surface area contributed by atoms with E-state index in [1.165, 1.54) is 6.07 Å². The number of ether oxygens (including phenoxy) is 1. The molecule has 9 heteroatoms. The molecule has 2 aromatic rings. The van der Waals surface area contributed by atoms with Crippen molar-refractivity contribution in [2.75, 3.05) is 5.43 Å². The molecule has 0 fully saturated rings. The fourth-order valence-corrected chi connectivity index (χ4v) is 2.00. The minimum absolute atomic E-state index is 0.0573. The molecule has 3 N–H and O–H groups in total. The van der Waals surface area contributed by atoms with Crippen LogP contribution in [-0.4, -0.2) is 14.5 Å². The maximum absolute atomic E-state index is 10.9. The third-order valence-electron chi connectivity index (χ3n) is 2.43. The monoisotopic (exact) mass is 281 g/mol. The summed E-state index contributed by atoms with van der Waals surface area (Å²) in [6.45, 7) is 1.80. The smallest absolute Gasteiger partial charge is 0.311 e. The maximum atomic E-state index is 10.9. The Labute approximate surface area is 112 Å². The Balaban J connectivity index is 2.22. The summed E-state index contributed by atoms with van der Waals surface area (Å²) in [5.74, 6) is 5.51. The number of hydrogen-bond acceptors (Lipinski definition) is 8. The number of aromatic nitrogens is 2. The zero-order chi connectivity index (χ0) is 13.8. The SMILES string of the molecule is Cc1cccc([N+](=O)[O-])c1OCc1nnsc1NN. The molecule has 0 aliphatic heterocycles. The molecule has 100 valence electrons. The number of rotatable bonds is 5. The Bertz CT molecular complexity index is 601. The van der Waals surface area contributed by atoms with Crippen molar-refractivity contribution in [1.29, 1.82) is 0 Å². The third kappa shape index (κ3) is 2.77. The van der Waals surface area contributed by atoms with Crippen molar-refractivity contribution in [3.05, 3.63) is 39.6 Å². The van der Waals surface area contributed by atoms with Crippen molar-refractivity contribution in [3.63, 3.8) is 0 Å². The van der Waals surface area contributed by atoms with Crippen LogP contribution < -0.4 is 16.0 Å². The zero-order valence-corrected chi connectivity index (χ0v) is 10.8. The highest BCUT2D eigenvalue weighted by atomic mass is 32.1. The minimum atomic E-state index is -0.482. The van der Waals surface area contributed by atoms with Crippen LogP contribution in [0.25, 0.3) is 0 Å². The Morgan fingerprint density at radius 3 is 3.05 bits per heavy atom. The van der Waals surface area contributed by atoms with Gasteiger partial charge in [0.05, 0.1) is 4.92 Å². The number of benzene rings is 1. The van der Waals surface area contributed by atoms with E-state index < -0.39 is 4.92 Å². The van der Waals surface area contributed by atoms with E-state index in [2.05, 4.69) is 15.0 Å². The number of nitrogens with zero attached hydrogens (tertiary/aromatic N) is 3. The highest BCUT2D eigenvalue weighted by Crippen LogP contribution is 2.31. The average Bonchev–Trinajstić information content (AvgIpc) is 2.84. The van der Waals surface area contributed by atoms with Gasteiger partial charge in [0.1, 0.15) is 12.3 Å². The predicted molar refractivity (Wildman–Crippen MR) is 69.9 cm³/mol. The zero-order valence-electron chi connectivity index (χ0n) is 9.99. The van der Waals surface area contributed by atoms with Gasteiger partial charge in [-0.1, -0.05) is 16.6 Å². The van der Waals surface area contributed by atoms with Crippen molar-refractivity contribution in [2.24, 2.45) is 5.84 Å². The second-order valence-electron chi connectivity index (χ2n) is 3.66. The topological polar surface area (TPSA) is 116 Å². The third-order valence-corrected chi connectivity index (χ3v) is 3.13. The number of anilines is 1. The molecule has 0 radical (unpaired) electrons. The number of hydrogen-bond donors (Lipinski definition) is 2. The van der Waals surface area contributed by atoms with Gasteiger partial charge >= 0.3 is 5.69 Å². The lowest BCUT2D eigenvalue weighted by Crippen LogP contribution is -2.09. The van der Waals surface area contributed by atoms with Gasteiger partial charge in [0.2, 0.25) is 0 Å². The summed E-state index contributed by atoms with van der Waals surface area (Å²) >= 11 is 1.09. The van der Waals surface area contributed by atoms with Crippen molar-refractivity contribution in [2.45, 2.75) is 13.5 Å². The van der Waals surface area contributed by atoms with Gasteiger partial charge in [0.15, 0.2) is 10.8 Å². The van der Waals surface area contributed by atoms with Crippen LogP contribution in [0.2, 0.25) is 0 Å². The summed E-state index contributed by atoms with van der Waals surface area (Å²) in [6, 6.07) is 4.74. The summed E-state index contributed by atoms with van der Waals surface area (Å²) in [7, 11) is 0. The molecule has 0 saturated heterocycles. The first kappa shape index (κ1) is 13.2. The van der Waals surface area contributed by atoms with E-state index in [0.717, 1.165) is 11.5 Å². The lowest BCUT2D eigenvalue weighted by Gasteiger charge is -2.08. The van der Waals surface area contributed by atoms with Crippen LogP contribution in [0, 0.1) is 17.0 Å². The fraction of sp³-hybridized carbons (Fsp3) is 0.200. The van der Waals surface area contributed by atoms with Gasteiger partial charge in [0.25, 0.3) is 0 Å². The van der Waals surface area contributed by atoms with E-state index in [1.807, 2.05) is 0 Å². The van der Waals surface area contributed by atoms with Crippen LogP contribution in [0.15, 0.2) is 18.2 Å². The van der Waals surface area contributed by atoms with E-state index in [-0.39, 0.29) is 18.0 Å². The number of aryl methyl sites for hydroxylation is 1. The number of nitrogens with one attached hydrogen (secondary N) is 1. The molecule has 0 spiro atoms. The fourth-order valence-electron chi connectivity index (χ4n) is 1.52. The van der Waals surface area contributed by atoms with Gasteiger partial charge in [-0.05, 0) is 12.5 Å². The van der Waals surface area contributed by atoms with Crippen molar-refractivity contribution < 1.29 is 9.66 Å². The minimum Gasteiger partial charge on any atom is -0.480 e. The van der Waals surface area contributed by atoms with Gasteiger partial charge in [-0.25, -0.2) is 5.84 Å². The lowest BCUT2D eigenvalue weighted by atomic mass is 10.2. The van der Waals surface area contributed by atoms with Crippen LogP contribution in [0.5, 0.6) is 5.75 Å². The summed E-state index contributed by atoms with van der Waals surface area (Å²) < 4.78 is 9.20. The molecule has 0 unspecified atom stereocenters. The second kappa shape index (κ2) is 5.59. The van der Waals surface area contributed by atoms with Gasteiger partial charge < -0.3 is 10.2 Å². The molecule has 1 aromatic carbocycles. The summed E-state index contributed by atoms with van der Waals surface area (Å²) in [4.78, 5) is 10.4. The van der Waals surface area contributed by atoms with Crippen molar-refractivity contribution in [3.8, 4) is 5.75 Å². The first-order valence-electron chi connectivity index (χ1n) is 5.28. The number of para-hydroxylation sites is 1. The molecule has 0 amide bonds. The largest absolute Gasteiger partial charge is 0.480 e. The molecule has 8 nitrogen and oxygen atoms in total. The summed E-state index contributed by atoms with van der Waals surface area (Å²) in [5, 5.41) is 15.3. The Hall–Kier alpha value is -2.26. The number of nitro benzene ring substituents is 1. The Kier molecular flexibility index (Phi) is 3.88. The molecule has 19 heavy (non-hydrogen) atoms. The molecular formula is C10H11N5O3S. The highest BCUT2D eigenvalue weighted by Gasteiger charge is 2.18. The lowest BCUT2D eigenvalue weighted by molar-refractivity contribution is -0.386. The average molecular weight is 281 g/mol. The highest BCUT2D eigenvalue weighted by molar-refractivity contribution is 7.10. The predicted octanol–water partition coefficient (Wildman–Crippen LogP) is 1.62. The van der Waals surface area contributed by atoms with Crippen LogP contribution in [0.1, 0.15) is 11.3 Å². The standard InChI is InChI=1S/C10H11N5O3S/c1-6-3-2-4-8(15(16)17)9(6)18-5-7-10(12-11)19-14-13-7/h2-4,12H,5,11H2,1H3. The number of nitrogen functional groups attached to an aromatic ring is 1. The molecule has 0 bridgehead atoms. The molecule has 2 rings (SSSR count). The molecule has 0 aliphatic rings. The summed E-state index contributed by atoms with van der Waals surface area (Å²) in [5.41, 5.74) is 3.55. The molecule has 0 atom stereocenters. The molecular weight excluding hydrogens is 270 g/mol. The maximum Gasteiger partial charge on any atom is 0.311 e. The van der Waals surface area contributed by atoms with E-state index in [9.17, 15) is 10.1 Å². The van der Waals surface area contributed by atoms with Crippen LogP contribution in [-0.2, 0) is 6.61 Å². The van der Waals surface area contributed by atoms with Gasteiger partial charge in [-0.3, -0.25) is 10.1 Å². The van der Waals surface area contributed by atoms with E-state index in [1.54, 1.807) is 19.1 Å². The quantitative estimate of drug-likeness (QED) is 0.486. The van der Waals surface area contributed by atoms with Crippen LogP contribution >= 0.6 is 11.5 Å². The van der Waals surface area contributed by atoms with Gasteiger partial charge in [-0.2, -0.15) is 0 Å². The van der Waals surface area contributed by atoms with Crippen LogP contribution in [0.3, 0.4) is 0 Å². The molecule has 0 aliphatic carbocycles. The number of hydrazine groups is 1. The van der Waals surface area contributed by atoms with E-state index >= 15 is 0 Å². The molecule has 0 saturated carbocycles. The first-order chi connectivity index (χ1) is 9.13. The molecule has 1 aromatic heterocycles. The van der Waals surface area contributed by atoms with Crippen molar-refractivity contribution >= 4 is 22.2 Å². The van der Waals surface area contributed by atoms with Gasteiger partial charge in [-0.15, -0.1) is 5.10 Å². The normalized spacial score (nSPS) is 10.2. The van der Waals surface area contributed by atoms with Gasteiger partial charge in [0, 0.05) is 17.6 Å². The van der Waals surface area contributed by atoms with E-state index in [0.29, 0.717) is 16.3 Å². The number of nitrogens with two attached hydrogens (primary N) is 1. The van der Waals surface area contributed by atoms with E-state index in [4.69, 9.17) is 10.6 Å². The number of nitro groups is 1. The summed E-state index contributed by atoms with van der Waals surface area (Å²) in [6.07, 6.45) is 0. The molecule has 1 heterocycles.